The third-order valence-electron chi connectivity index (χ3n) is 4.62. The van der Waals surface area contributed by atoms with Crippen molar-refractivity contribution < 1.29 is 0 Å². The lowest BCUT2D eigenvalue weighted by molar-refractivity contribution is 0.249. The molecule has 1 aromatic rings. The van der Waals surface area contributed by atoms with Crippen molar-refractivity contribution >= 4 is 35.6 Å². The molecule has 2 aliphatic carbocycles. The summed E-state index contributed by atoms with van der Waals surface area (Å²) in [6.07, 6.45) is 3.97. The summed E-state index contributed by atoms with van der Waals surface area (Å²) in [5, 5.41) is 1.34. The Bertz CT molecular complexity index is 460. The zero-order chi connectivity index (χ0) is 12.2. The molecule has 0 amide bonds. The van der Waals surface area contributed by atoms with Gasteiger partial charge in [-0.25, -0.2) is 0 Å². The Hall–Kier alpha value is 0.0500. The van der Waals surface area contributed by atoms with Crippen LogP contribution in [0.25, 0.3) is 0 Å². The molecule has 1 aromatic carbocycles. The fourth-order valence-corrected chi connectivity index (χ4v) is 4.08. The number of fused-ring (bicyclic) bond motifs is 1. The summed E-state index contributed by atoms with van der Waals surface area (Å²) in [7, 11) is 4.37. The third kappa shape index (κ3) is 1.96. The van der Waals surface area contributed by atoms with Crippen LogP contribution in [0.4, 0.5) is 0 Å². The Morgan fingerprint density at radius 1 is 1.17 bits per heavy atom. The van der Waals surface area contributed by atoms with Crippen LogP contribution in [0.1, 0.15) is 24.8 Å². The van der Waals surface area contributed by atoms with E-state index in [2.05, 4.69) is 31.1 Å². The number of hydrogen-bond donors (Lipinski definition) is 0. The van der Waals surface area contributed by atoms with E-state index in [4.69, 9.17) is 23.2 Å². The minimum Gasteiger partial charge on any atom is -0.306 e. The quantitative estimate of drug-likeness (QED) is 0.783. The van der Waals surface area contributed by atoms with Crippen LogP contribution in [0.3, 0.4) is 0 Å². The zero-order valence-corrected chi connectivity index (χ0v) is 12.9. The van der Waals surface area contributed by atoms with Gasteiger partial charge in [-0.05, 0) is 57.0 Å². The highest BCUT2D eigenvalue weighted by atomic mass is 35.5. The fourth-order valence-electron chi connectivity index (χ4n) is 3.78. The number of likely N-dealkylation sites (N-methyl/N-ethyl adjacent to an activating group) is 1. The maximum Gasteiger partial charge on any atom is 0.0595 e. The summed E-state index contributed by atoms with van der Waals surface area (Å²) in [5.41, 5.74) is 1.74. The van der Waals surface area contributed by atoms with Crippen molar-refractivity contribution in [2.24, 2.45) is 5.92 Å². The van der Waals surface area contributed by atoms with Gasteiger partial charge in [0.15, 0.2) is 0 Å². The molecule has 3 atom stereocenters. The van der Waals surface area contributed by atoms with Crippen LogP contribution in [-0.2, 0) is 5.41 Å². The van der Waals surface area contributed by atoms with Gasteiger partial charge in [-0.2, -0.15) is 0 Å². The minimum atomic E-state index is 0. The number of hydrogen-bond acceptors (Lipinski definition) is 1. The Kier molecular flexibility index (Phi) is 3.91. The van der Waals surface area contributed by atoms with Crippen LogP contribution in [-0.4, -0.2) is 25.0 Å². The maximum atomic E-state index is 6.15. The fraction of sp³-hybridized carbons (Fsp3) is 0.571. The zero-order valence-electron chi connectivity index (χ0n) is 10.6. The van der Waals surface area contributed by atoms with E-state index >= 15 is 0 Å². The molecule has 100 valence electrons. The lowest BCUT2D eigenvalue weighted by Gasteiger charge is -2.30. The molecular weight excluding hydrogens is 289 g/mol. The van der Waals surface area contributed by atoms with Crippen molar-refractivity contribution in [1.82, 2.24) is 4.90 Å². The number of nitrogens with zero attached hydrogens (tertiary/aromatic N) is 1. The summed E-state index contributed by atoms with van der Waals surface area (Å²) in [6, 6.07) is 6.83. The molecule has 2 saturated carbocycles. The van der Waals surface area contributed by atoms with Crippen molar-refractivity contribution in [3.63, 3.8) is 0 Å². The van der Waals surface area contributed by atoms with Crippen LogP contribution < -0.4 is 0 Å². The molecular formula is C14H18Cl3N. The SMILES string of the molecule is CN(C)C1CCC2CC21c1ccc(Cl)c(Cl)c1.Cl. The third-order valence-corrected chi connectivity index (χ3v) is 5.36. The standard InChI is InChI=1S/C14H17Cl2N.ClH/c1-17(2)13-6-4-10-8-14(10,13)9-3-5-11(15)12(16)7-9;/h3,5,7,10,13H,4,6,8H2,1-2H3;1H. The van der Waals surface area contributed by atoms with Gasteiger partial charge in [0, 0.05) is 11.5 Å². The van der Waals surface area contributed by atoms with E-state index in [0.717, 1.165) is 5.92 Å². The number of rotatable bonds is 2. The van der Waals surface area contributed by atoms with E-state index in [9.17, 15) is 0 Å². The Morgan fingerprint density at radius 3 is 2.44 bits per heavy atom. The van der Waals surface area contributed by atoms with Gasteiger partial charge >= 0.3 is 0 Å². The minimum absolute atomic E-state index is 0. The normalized spacial score (nSPS) is 33.2. The van der Waals surface area contributed by atoms with Gasteiger partial charge in [0.25, 0.3) is 0 Å². The van der Waals surface area contributed by atoms with E-state index in [1.54, 1.807) is 0 Å². The Labute approximate surface area is 125 Å². The first-order valence-electron chi connectivity index (χ1n) is 6.17. The van der Waals surface area contributed by atoms with Crippen molar-refractivity contribution in [2.45, 2.75) is 30.7 Å². The van der Waals surface area contributed by atoms with Gasteiger partial charge in [-0.1, -0.05) is 29.3 Å². The highest BCUT2D eigenvalue weighted by molar-refractivity contribution is 6.42. The summed E-state index contributed by atoms with van der Waals surface area (Å²) >= 11 is 12.2. The molecule has 0 aromatic heterocycles. The lowest BCUT2D eigenvalue weighted by atomic mass is 9.88. The van der Waals surface area contributed by atoms with E-state index in [1.807, 2.05) is 6.07 Å². The summed E-state index contributed by atoms with van der Waals surface area (Å²) in [6.45, 7) is 0. The van der Waals surface area contributed by atoms with Crippen LogP contribution >= 0.6 is 35.6 Å². The molecule has 0 saturated heterocycles. The van der Waals surface area contributed by atoms with Crippen molar-refractivity contribution in [3.8, 4) is 0 Å². The molecule has 4 heteroatoms. The molecule has 0 bridgehead atoms. The van der Waals surface area contributed by atoms with Gasteiger partial charge in [0.1, 0.15) is 0 Å². The molecule has 3 rings (SSSR count). The highest BCUT2D eigenvalue weighted by Crippen LogP contribution is 2.65. The summed E-state index contributed by atoms with van der Waals surface area (Å²) in [4.78, 5) is 2.37. The molecule has 2 fully saturated rings. The number of halogens is 3. The Morgan fingerprint density at radius 2 is 1.89 bits per heavy atom. The molecule has 0 radical (unpaired) electrons. The van der Waals surface area contributed by atoms with Gasteiger partial charge < -0.3 is 4.90 Å². The molecule has 1 nitrogen and oxygen atoms in total. The van der Waals surface area contributed by atoms with E-state index in [-0.39, 0.29) is 12.4 Å². The van der Waals surface area contributed by atoms with Gasteiger partial charge in [-0.15, -0.1) is 12.4 Å². The monoisotopic (exact) mass is 305 g/mol. The maximum absolute atomic E-state index is 6.15. The largest absolute Gasteiger partial charge is 0.306 e. The Balaban J connectivity index is 0.00000120. The first kappa shape index (κ1) is 14.5. The van der Waals surface area contributed by atoms with Gasteiger partial charge in [0.05, 0.1) is 10.0 Å². The summed E-state index contributed by atoms with van der Waals surface area (Å²) < 4.78 is 0. The predicted molar refractivity (Wildman–Crippen MR) is 80.2 cm³/mol. The average molecular weight is 307 g/mol. The highest BCUT2D eigenvalue weighted by Gasteiger charge is 2.64. The van der Waals surface area contributed by atoms with Crippen molar-refractivity contribution in [1.29, 1.82) is 0 Å². The van der Waals surface area contributed by atoms with Gasteiger partial charge in [-0.3, -0.25) is 0 Å². The molecule has 2 aliphatic rings. The van der Waals surface area contributed by atoms with E-state index in [1.165, 1.54) is 24.8 Å². The first-order chi connectivity index (χ1) is 8.05. The smallest absolute Gasteiger partial charge is 0.0595 e. The first-order valence-corrected chi connectivity index (χ1v) is 6.93. The second-order valence-corrected chi connectivity index (χ2v) is 6.44. The van der Waals surface area contributed by atoms with Crippen molar-refractivity contribution in [3.05, 3.63) is 33.8 Å². The molecule has 18 heavy (non-hydrogen) atoms. The van der Waals surface area contributed by atoms with Crippen LogP contribution in [0.2, 0.25) is 10.0 Å². The second-order valence-electron chi connectivity index (χ2n) is 5.63. The molecule has 0 N–H and O–H groups in total. The van der Waals surface area contributed by atoms with Crippen LogP contribution in [0.15, 0.2) is 18.2 Å². The molecule has 3 unspecified atom stereocenters. The number of benzene rings is 1. The molecule has 0 heterocycles. The van der Waals surface area contributed by atoms with Crippen LogP contribution in [0, 0.1) is 5.92 Å². The average Bonchev–Trinajstić information content (AvgIpc) is 2.89. The predicted octanol–water partition coefficient (Wildman–Crippen LogP) is 4.40. The second kappa shape index (κ2) is 4.86. The topological polar surface area (TPSA) is 3.24 Å². The summed E-state index contributed by atoms with van der Waals surface area (Å²) in [5.74, 6) is 0.854. The molecule has 0 aliphatic heterocycles. The van der Waals surface area contributed by atoms with E-state index < -0.39 is 0 Å². The van der Waals surface area contributed by atoms with E-state index in [0.29, 0.717) is 21.5 Å². The molecule has 0 spiro atoms. The lowest BCUT2D eigenvalue weighted by Crippen LogP contribution is -2.37. The van der Waals surface area contributed by atoms with Crippen LogP contribution in [0.5, 0.6) is 0 Å². The van der Waals surface area contributed by atoms with Gasteiger partial charge in [0.2, 0.25) is 0 Å². The van der Waals surface area contributed by atoms with Crippen molar-refractivity contribution in [2.75, 3.05) is 14.1 Å².